The minimum Gasteiger partial charge on any atom is -0.478 e. The standard InChI is InChI=1S/C36H34N2O3/c1-22-24(3)38(21-25-11-13-27(14-12-25)31-9-4-5-10-32(31)36(40)41)34-18-17-30(20-33(22)34)35(39)37-23(2)28-7-6-8-29(19-28)26-15-16-26/h4-14,17-20,23,26H,15-16,21H2,1-3H3,(H,37,39)(H,40,41). The minimum absolute atomic E-state index is 0.0711. The molecule has 1 amide bonds. The topological polar surface area (TPSA) is 71.3 Å². The summed E-state index contributed by atoms with van der Waals surface area (Å²) in [6, 6.07) is 29.6. The van der Waals surface area contributed by atoms with Gasteiger partial charge in [-0.2, -0.15) is 0 Å². The summed E-state index contributed by atoms with van der Waals surface area (Å²) in [6.07, 6.45) is 2.52. The molecule has 5 aromatic rings. The summed E-state index contributed by atoms with van der Waals surface area (Å²) in [7, 11) is 0. The molecule has 0 bridgehead atoms. The number of aryl methyl sites for hydroxylation is 1. The maximum atomic E-state index is 13.3. The third-order valence-electron chi connectivity index (χ3n) is 8.47. The minimum atomic E-state index is -0.931. The smallest absolute Gasteiger partial charge is 0.336 e. The van der Waals surface area contributed by atoms with Gasteiger partial charge in [-0.25, -0.2) is 4.79 Å². The number of carbonyl (C=O) groups excluding carboxylic acids is 1. The summed E-state index contributed by atoms with van der Waals surface area (Å²) in [5.74, 6) is -0.319. The number of nitrogens with one attached hydrogen (secondary N) is 1. The normalized spacial score (nSPS) is 13.7. The maximum absolute atomic E-state index is 13.3. The zero-order chi connectivity index (χ0) is 28.7. The van der Waals surface area contributed by atoms with Crippen molar-refractivity contribution in [3.8, 4) is 11.1 Å². The average Bonchev–Trinajstić information content (AvgIpc) is 3.82. The predicted octanol–water partition coefficient (Wildman–Crippen LogP) is 8.04. The lowest BCUT2D eigenvalue weighted by Gasteiger charge is -2.16. The van der Waals surface area contributed by atoms with Gasteiger partial charge in [0.1, 0.15) is 0 Å². The third kappa shape index (κ3) is 5.28. The van der Waals surface area contributed by atoms with Crippen molar-refractivity contribution >= 4 is 22.8 Å². The average molecular weight is 543 g/mol. The van der Waals surface area contributed by atoms with Crippen LogP contribution in [0, 0.1) is 13.8 Å². The van der Waals surface area contributed by atoms with Crippen LogP contribution in [0.4, 0.5) is 0 Å². The zero-order valence-corrected chi connectivity index (χ0v) is 23.6. The molecule has 5 nitrogen and oxygen atoms in total. The Morgan fingerprint density at radius 3 is 2.41 bits per heavy atom. The van der Waals surface area contributed by atoms with Crippen LogP contribution in [-0.2, 0) is 6.54 Å². The summed E-state index contributed by atoms with van der Waals surface area (Å²) in [6.45, 7) is 6.94. The van der Waals surface area contributed by atoms with Gasteiger partial charge in [-0.3, -0.25) is 4.79 Å². The molecule has 0 spiro atoms. The van der Waals surface area contributed by atoms with Crippen LogP contribution in [0.3, 0.4) is 0 Å². The molecular weight excluding hydrogens is 508 g/mol. The van der Waals surface area contributed by atoms with Crippen LogP contribution in [-0.4, -0.2) is 21.6 Å². The van der Waals surface area contributed by atoms with E-state index in [0.717, 1.165) is 38.9 Å². The van der Waals surface area contributed by atoms with Crippen LogP contribution in [0.1, 0.15) is 80.4 Å². The molecule has 5 heteroatoms. The molecule has 0 aliphatic heterocycles. The van der Waals surface area contributed by atoms with E-state index < -0.39 is 5.97 Å². The Balaban J connectivity index is 1.22. The van der Waals surface area contributed by atoms with Crippen LogP contribution in [0.2, 0.25) is 0 Å². The third-order valence-corrected chi connectivity index (χ3v) is 8.47. The Bertz CT molecular complexity index is 1780. The van der Waals surface area contributed by atoms with Crippen LogP contribution in [0.15, 0.2) is 91.0 Å². The molecule has 1 atom stereocenters. The number of aromatic carboxylic acids is 1. The first-order chi connectivity index (χ1) is 19.8. The van der Waals surface area contributed by atoms with E-state index >= 15 is 0 Å². The Kier molecular flexibility index (Phi) is 6.96. The molecule has 1 saturated carbocycles. The van der Waals surface area contributed by atoms with E-state index in [2.05, 4.69) is 60.1 Å². The largest absolute Gasteiger partial charge is 0.478 e. The SMILES string of the molecule is Cc1c(C)n(Cc2ccc(-c3ccccc3C(=O)O)cc2)c2ccc(C(=O)NC(C)c3cccc(C4CC4)c3)cc12. The van der Waals surface area contributed by atoms with Gasteiger partial charge in [0, 0.05) is 28.7 Å². The number of carboxylic acid groups (broad SMARTS) is 1. The Hall–Kier alpha value is -4.64. The van der Waals surface area contributed by atoms with Gasteiger partial charge in [-0.1, -0.05) is 66.7 Å². The molecule has 206 valence electrons. The van der Waals surface area contributed by atoms with Crippen molar-refractivity contribution in [1.29, 1.82) is 0 Å². The van der Waals surface area contributed by atoms with Crippen molar-refractivity contribution in [1.82, 2.24) is 9.88 Å². The highest BCUT2D eigenvalue weighted by molar-refractivity contribution is 5.99. The fraction of sp³-hybridized carbons (Fsp3) is 0.222. The summed E-state index contributed by atoms with van der Waals surface area (Å²) in [5.41, 5.74) is 9.56. The number of hydrogen-bond acceptors (Lipinski definition) is 2. The van der Waals surface area contributed by atoms with Crippen LogP contribution >= 0.6 is 0 Å². The first-order valence-electron chi connectivity index (χ1n) is 14.2. The molecule has 2 N–H and O–H groups in total. The number of hydrogen-bond donors (Lipinski definition) is 2. The van der Waals surface area contributed by atoms with Crippen molar-refractivity contribution in [3.05, 3.63) is 130 Å². The lowest BCUT2D eigenvalue weighted by atomic mass is 9.99. The molecule has 1 unspecified atom stereocenters. The summed E-state index contributed by atoms with van der Waals surface area (Å²) < 4.78 is 2.28. The van der Waals surface area contributed by atoms with Gasteiger partial charge in [0.25, 0.3) is 5.91 Å². The number of amides is 1. The molecule has 0 saturated heterocycles. The number of rotatable bonds is 8. The molecule has 41 heavy (non-hydrogen) atoms. The van der Waals surface area contributed by atoms with Gasteiger partial charge in [-0.15, -0.1) is 0 Å². The highest BCUT2D eigenvalue weighted by atomic mass is 16.4. The van der Waals surface area contributed by atoms with Gasteiger partial charge in [0.05, 0.1) is 11.6 Å². The van der Waals surface area contributed by atoms with E-state index in [4.69, 9.17) is 0 Å². The van der Waals surface area contributed by atoms with E-state index in [-0.39, 0.29) is 11.9 Å². The fourth-order valence-electron chi connectivity index (χ4n) is 5.75. The van der Waals surface area contributed by atoms with E-state index in [1.165, 1.54) is 18.4 Å². The van der Waals surface area contributed by atoms with Crippen molar-refractivity contribution in [2.75, 3.05) is 0 Å². The Morgan fingerprint density at radius 2 is 1.68 bits per heavy atom. The highest BCUT2D eigenvalue weighted by Crippen LogP contribution is 2.40. The quantitative estimate of drug-likeness (QED) is 0.208. The zero-order valence-electron chi connectivity index (χ0n) is 23.6. The second-order valence-electron chi connectivity index (χ2n) is 11.2. The van der Waals surface area contributed by atoms with E-state index in [0.29, 0.717) is 29.2 Å². The predicted molar refractivity (Wildman–Crippen MR) is 164 cm³/mol. The van der Waals surface area contributed by atoms with Gasteiger partial charge in [0.15, 0.2) is 0 Å². The molecule has 4 aromatic carbocycles. The summed E-state index contributed by atoms with van der Waals surface area (Å²) >= 11 is 0. The maximum Gasteiger partial charge on any atom is 0.336 e. The first-order valence-corrected chi connectivity index (χ1v) is 14.2. The monoisotopic (exact) mass is 542 g/mol. The fourth-order valence-corrected chi connectivity index (χ4v) is 5.75. The van der Waals surface area contributed by atoms with Gasteiger partial charge in [0.2, 0.25) is 0 Å². The lowest BCUT2D eigenvalue weighted by molar-refractivity contribution is 0.0697. The first kappa shape index (κ1) is 26.6. The number of benzene rings is 4. The van der Waals surface area contributed by atoms with Crippen LogP contribution in [0.25, 0.3) is 22.0 Å². The number of aromatic nitrogens is 1. The molecule has 6 rings (SSSR count). The van der Waals surface area contributed by atoms with E-state index in [1.54, 1.807) is 12.1 Å². The summed E-state index contributed by atoms with van der Waals surface area (Å²) in [5, 5.41) is 13.8. The highest BCUT2D eigenvalue weighted by Gasteiger charge is 2.24. The van der Waals surface area contributed by atoms with E-state index in [1.807, 2.05) is 49.4 Å². The lowest BCUT2D eigenvalue weighted by Crippen LogP contribution is -2.26. The molecule has 1 fully saturated rings. The Labute approximate surface area is 240 Å². The number of fused-ring (bicyclic) bond motifs is 1. The van der Waals surface area contributed by atoms with Crippen molar-refractivity contribution in [2.24, 2.45) is 0 Å². The molecule has 1 heterocycles. The Morgan fingerprint density at radius 1 is 0.927 bits per heavy atom. The van der Waals surface area contributed by atoms with Gasteiger partial charge >= 0.3 is 5.97 Å². The van der Waals surface area contributed by atoms with Crippen molar-refractivity contribution in [2.45, 2.75) is 52.1 Å². The number of carbonyl (C=O) groups is 2. The van der Waals surface area contributed by atoms with Gasteiger partial charge in [-0.05, 0) is 97.2 Å². The molecular formula is C36H34N2O3. The van der Waals surface area contributed by atoms with Crippen LogP contribution < -0.4 is 5.32 Å². The van der Waals surface area contributed by atoms with Gasteiger partial charge < -0.3 is 15.0 Å². The number of carboxylic acids is 1. The summed E-state index contributed by atoms with van der Waals surface area (Å²) in [4.78, 5) is 24.9. The second kappa shape index (κ2) is 10.7. The van der Waals surface area contributed by atoms with E-state index in [9.17, 15) is 14.7 Å². The molecule has 1 aromatic heterocycles. The number of nitrogens with zero attached hydrogens (tertiary/aromatic N) is 1. The second-order valence-corrected chi connectivity index (χ2v) is 11.2. The van der Waals surface area contributed by atoms with Crippen molar-refractivity contribution < 1.29 is 14.7 Å². The molecule has 0 radical (unpaired) electrons. The van der Waals surface area contributed by atoms with Crippen molar-refractivity contribution in [3.63, 3.8) is 0 Å². The van der Waals surface area contributed by atoms with Crippen LogP contribution in [0.5, 0.6) is 0 Å². The molecule has 1 aliphatic carbocycles. The molecule has 1 aliphatic rings.